The molecule has 0 aliphatic heterocycles. The van der Waals surface area contributed by atoms with Crippen molar-refractivity contribution in [2.75, 3.05) is 20.2 Å². The lowest BCUT2D eigenvalue weighted by Gasteiger charge is -2.18. The van der Waals surface area contributed by atoms with Gasteiger partial charge in [-0.2, -0.15) is 4.31 Å². The summed E-state index contributed by atoms with van der Waals surface area (Å²) in [6.07, 6.45) is 0. The van der Waals surface area contributed by atoms with Gasteiger partial charge in [0.05, 0.1) is 23.0 Å². The van der Waals surface area contributed by atoms with Crippen molar-refractivity contribution in [3.63, 3.8) is 0 Å². The summed E-state index contributed by atoms with van der Waals surface area (Å²) in [6.45, 7) is 8.77. The third kappa shape index (κ3) is 4.69. The van der Waals surface area contributed by atoms with Crippen molar-refractivity contribution in [2.45, 2.75) is 50.0 Å². The van der Waals surface area contributed by atoms with Gasteiger partial charge in [0, 0.05) is 36.5 Å². The zero-order valence-electron chi connectivity index (χ0n) is 19.1. The maximum atomic E-state index is 12.9. The van der Waals surface area contributed by atoms with Crippen LogP contribution in [0.4, 0.5) is 0 Å². The molecule has 0 N–H and O–H groups in total. The molecule has 7 nitrogen and oxygen atoms in total. The van der Waals surface area contributed by atoms with E-state index < -0.39 is 10.0 Å². The Morgan fingerprint density at radius 3 is 2.44 bits per heavy atom. The predicted molar refractivity (Wildman–Crippen MR) is 128 cm³/mol. The van der Waals surface area contributed by atoms with Gasteiger partial charge in [-0.3, -0.25) is 4.79 Å². The lowest BCUT2D eigenvalue weighted by atomic mass is 10.1. The lowest BCUT2D eigenvalue weighted by molar-refractivity contribution is 0.101. The van der Waals surface area contributed by atoms with Crippen LogP contribution in [0, 0.1) is 0 Å². The molecular weight excluding hydrogens is 446 g/mol. The summed E-state index contributed by atoms with van der Waals surface area (Å²) in [6, 6.07) is 10.5. The summed E-state index contributed by atoms with van der Waals surface area (Å²) < 4.78 is 34.8. The van der Waals surface area contributed by atoms with E-state index in [1.165, 1.54) is 16.1 Å². The first-order valence-electron chi connectivity index (χ1n) is 10.6. The molecule has 0 spiro atoms. The van der Waals surface area contributed by atoms with Gasteiger partial charge in [0.2, 0.25) is 10.0 Å². The van der Waals surface area contributed by atoms with Crippen LogP contribution in [0.5, 0.6) is 5.75 Å². The molecule has 0 saturated carbocycles. The number of hydrogen-bond acceptors (Lipinski definition) is 6. The number of benzene rings is 2. The summed E-state index contributed by atoms with van der Waals surface area (Å²) in [5, 5.41) is 0.787. The number of rotatable bonds is 10. The highest BCUT2D eigenvalue weighted by atomic mass is 32.2. The van der Waals surface area contributed by atoms with Crippen LogP contribution in [0.15, 0.2) is 46.5 Å². The molecule has 0 unspecified atom stereocenters. The van der Waals surface area contributed by atoms with E-state index in [1.807, 2.05) is 32.9 Å². The number of carbonyl (C=O) groups is 1. The van der Waals surface area contributed by atoms with E-state index in [2.05, 4.69) is 4.57 Å². The van der Waals surface area contributed by atoms with Gasteiger partial charge >= 0.3 is 0 Å². The number of fused-ring (bicyclic) bond motifs is 1. The minimum atomic E-state index is -3.55. The summed E-state index contributed by atoms with van der Waals surface area (Å²) >= 11 is 1.53. The number of sulfonamides is 1. The van der Waals surface area contributed by atoms with E-state index in [0.717, 1.165) is 16.2 Å². The maximum Gasteiger partial charge on any atom is 0.243 e. The Morgan fingerprint density at radius 2 is 1.84 bits per heavy atom. The number of carbonyl (C=O) groups excluding carboxylic acids is 1. The summed E-state index contributed by atoms with van der Waals surface area (Å²) in [7, 11) is -1.94. The molecule has 0 fully saturated rings. The van der Waals surface area contributed by atoms with Gasteiger partial charge < -0.3 is 9.30 Å². The summed E-state index contributed by atoms with van der Waals surface area (Å²) in [5.74, 6) is 1.29. The molecular formula is C23H29N3O4S2. The molecule has 1 heterocycles. The number of thioether (sulfide) groups is 1. The Hall–Kier alpha value is -2.36. The average molecular weight is 476 g/mol. The van der Waals surface area contributed by atoms with Gasteiger partial charge in [-0.25, -0.2) is 13.4 Å². The first kappa shape index (κ1) is 24.3. The molecule has 3 rings (SSSR count). The molecule has 172 valence electrons. The van der Waals surface area contributed by atoms with Crippen LogP contribution in [-0.4, -0.2) is 48.3 Å². The van der Waals surface area contributed by atoms with E-state index in [1.54, 1.807) is 38.3 Å². The Morgan fingerprint density at radius 1 is 1.12 bits per heavy atom. The molecule has 9 heteroatoms. The molecule has 3 aromatic rings. The second-order valence-corrected chi connectivity index (χ2v) is 10.1. The molecule has 0 aliphatic carbocycles. The fourth-order valence-electron chi connectivity index (χ4n) is 3.63. The second-order valence-electron chi connectivity index (χ2n) is 7.25. The third-order valence-electron chi connectivity index (χ3n) is 5.39. The average Bonchev–Trinajstić information content (AvgIpc) is 3.14. The first-order valence-corrected chi connectivity index (χ1v) is 13.0. The van der Waals surface area contributed by atoms with Crippen LogP contribution in [-0.2, 0) is 22.3 Å². The highest BCUT2D eigenvalue weighted by Gasteiger charge is 2.23. The number of Topliss-reactive ketones (excluding diaryl/α,β-unsaturated/α-hetero) is 1. The standard InChI is InChI=1S/C23H29N3O4S2/c1-6-25(7-2)32(28,29)19-10-11-21-20(14-19)24-23(26(21)8-3)31-15-18-13-17(16(4)27)9-12-22(18)30-5/h9-14H,6-8,15H2,1-5H3. The van der Waals surface area contributed by atoms with Crippen molar-refractivity contribution >= 4 is 38.6 Å². The van der Waals surface area contributed by atoms with Gasteiger partial charge in [-0.05, 0) is 50.2 Å². The number of ketones is 1. The topological polar surface area (TPSA) is 81.5 Å². The zero-order chi connectivity index (χ0) is 23.5. The Bertz CT molecular complexity index is 1230. The maximum absolute atomic E-state index is 12.9. The highest BCUT2D eigenvalue weighted by Crippen LogP contribution is 2.32. The lowest BCUT2D eigenvalue weighted by Crippen LogP contribution is -2.30. The number of aromatic nitrogens is 2. The van der Waals surface area contributed by atoms with Crippen molar-refractivity contribution in [2.24, 2.45) is 0 Å². The van der Waals surface area contributed by atoms with E-state index in [-0.39, 0.29) is 10.7 Å². The van der Waals surface area contributed by atoms with Gasteiger partial charge in [0.1, 0.15) is 5.75 Å². The molecule has 1 aromatic heterocycles. The highest BCUT2D eigenvalue weighted by molar-refractivity contribution is 7.98. The van der Waals surface area contributed by atoms with Crippen LogP contribution < -0.4 is 4.74 Å². The van der Waals surface area contributed by atoms with Crippen LogP contribution in [0.1, 0.15) is 43.6 Å². The number of nitrogens with zero attached hydrogens (tertiary/aromatic N) is 3. The van der Waals surface area contributed by atoms with Gasteiger partial charge in [-0.1, -0.05) is 25.6 Å². The molecule has 0 bridgehead atoms. The van der Waals surface area contributed by atoms with Crippen LogP contribution >= 0.6 is 11.8 Å². The zero-order valence-corrected chi connectivity index (χ0v) is 20.7. The fraction of sp³-hybridized carbons (Fsp3) is 0.391. The molecule has 2 aromatic carbocycles. The SMILES string of the molecule is CCN(CC)S(=O)(=O)c1ccc2c(c1)nc(SCc1cc(C(C)=O)ccc1OC)n2CC. The summed E-state index contributed by atoms with van der Waals surface area (Å²) in [5.41, 5.74) is 3.08. The van der Waals surface area contributed by atoms with E-state index in [4.69, 9.17) is 9.72 Å². The normalized spacial score (nSPS) is 11.9. The number of imidazole rings is 1. The molecule has 32 heavy (non-hydrogen) atoms. The molecule has 0 saturated heterocycles. The van der Waals surface area contributed by atoms with E-state index in [0.29, 0.717) is 42.2 Å². The predicted octanol–water partition coefficient (Wildman–Crippen LogP) is 4.59. The molecule has 0 atom stereocenters. The quantitative estimate of drug-likeness (QED) is 0.315. The van der Waals surface area contributed by atoms with Crippen LogP contribution in [0.2, 0.25) is 0 Å². The minimum Gasteiger partial charge on any atom is -0.496 e. The first-order chi connectivity index (χ1) is 15.3. The Balaban J connectivity index is 1.96. The number of aryl methyl sites for hydroxylation is 1. The van der Waals surface area contributed by atoms with Crippen LogP contribution in [0.3, 0.4) is 0 Å². The third-order valence-corrected chi connectivity index (χ3v) is 8.46. The smallest absolute Gasteiger partial charge is 0.243 e. The van der Waals surface area contributed by atoms with Crippen molar-refractivity contribution < 1.29 is 17.9 Å². The van der Waals surface area contributed by atoms with Crippen LogP contribution in [0.25, 0.3) is 11.0 Å². The molecule has 0 aliphatic rings. The van der Waals surface area contributed by atoms with Gasteiger partial charge in [0.25, 0.3) is 0 Å². The minimum absolute atomic E-state index is 0.00152. The van der Waals surface area contributed by atoms with E-state index in [9.17, 15) is 13.2 Å². The van der Waals surface area contributed by atoms with Gasteiger partial charge in [-0.15, -0.1) is 0 Å². The van der Waals surface area contributed by atoms with Crippen molar-refractivity contribution in [3.8, 4) is 5.75 Å². The second kappa shape index (κ2) is 10.1. The Kier molecular flexibility index (Phi) is 7.63. The molecule has 0 amide bonds. The van der Waals surface area contributed by atoms with E-state index >= 15 is 0 Å². The monoisotopic (exact) mass is 475 g/mol. The van der Waals surface area contributed by atoms with Crippen molar-refractivity contribution in [1.82, 2.24) is 13.9 Å². The molecule has 0 radical (unpaired) electrons. The Labute approximate surface area is 193 Å². The van der Waals surface area contributed by atoms with Crippen molar-refractivity contribution in [3.05, 3.63) is 47.5 Å². The number of hydrogen-bond donors (Lipinski definition) is 0. The largest absolute Gasteiger partial charge is 0.496 e. The number of ether oxygens (including phenoxy) is 1. The van der Waals surface area contributed by atoms with Crippen molar-refractivity contribution in [1.29, 1.82) is 0 Å². The fourth-order valence-corrected chi connectivity index (χ4v) is 6.16. The summed E-state index contributed by atoms with van der Waals surface area (Å²) in [4.78, 5) is 16.8. The number of methoxy groups -OCH3 is 1. The van der Waals surface area contributed by atoms with Gasteiger partial charge in [0.15, 0.2) is 10.9 Å².